The van der Waals surface area contributed by atoms with E-state index in [9.17, 15) is 4.79 Å². The van der Waals surface area contributed by atoms with Crippen LogP contribution in [0, 0.1) is 0 Å². The van der Waals surface area contributed by atoms with E-state index in [0.29, 0.717) is 6.42 Å². The Morgan fingerprint density at radius 3 is 1.56 bits per heavy atom. The summed E-state index contributed by atoms with van der Waals surface area (Å²) in [6.07, 6.45) is 20.7. The minimum Gasteiger partial charge on any atom is -0.356 e. The van der Waals surface area contributed by atoms with Crippen molar-refractivity contribution in [2.45, 2.75) is 117 Å². The predicted molar refractivity (Wildman–Crippen MR) is 111 cm³/mol. The standard InChI is InChI=1S/C22H46N2O/c1-3-5-7-8-9-10-11-12-13-14-15-17-20-24-22(25)18-21-23-19-16-6-4-2/h23H,3-21H2,1-2H3,(H,24,25). The first-order valence-electron chi connectivity index (χ1n) is 11.3. The molecule has 0 rings (SSSR count). The Balaban J connectivity index is 3.11. The molecule has 0 spiro atoms. The van der Waals surface area contributed by atoms with Crippen molar-refractivity contribution in [3.8, 4) is 0 Å². The highest BCUT2D eigenvalue weighted by Gasteiger charge is 2.00. The van der Waals surface area contributed by atoms with E-state index in [1.807, 2.05) is 0 Å². The summed E-state index contributed by atoms with van der Waals surface area (Å²) in [5.74, 6) is 0.200. The first kappa shape index (κ1) is 24.4. The smallest absolute Gasteiger partial charge is 0.221 e. The molecule has 0 bridgehead atoms. The molecule has 0 aliphatic rings. The molecule has 0 unspecified atom stereocenters. The highest BCUT2D eigenvalue weighted by molar-refractivity contribution is 5.75. The van der Waals surface area contributed by atoms with E-state index in [2.05, 4.69) is 24.5 Å². The molecular formula is C22H46N2O. The van der Waals surface area contributed by atoms with Crippen molar-refractivity contribution in [1.82, 2.24) is 10.6 Å². The van der Waals surface area contributed by atoms with Gasteiger partial charge in [-0.25, -0.2) is 0 Å². The molecular weight excluding hydrogens is 308 g/mol. The third-order valence-electron chi connectivity index (χ3n) is 4.84. The number of hydrogen-bond acceptors (Lipinski definition) is 2. The molecule has 0 aromatic rings. The van der Waals surface area contributed by atoms with Crippen molar-refractivity contribution in [3.05, 3.63) is 0 Å². The summed E-state index contributed by atoms with van der Waals surface area (Å²) in [7, 11) is 0. The van der Waals surface area contributed by atoms with Crippen molar-refractivity contribution in [2.24, 2.45) is 0 Å². The molecule has 0 saturated carbocycles. The minimum absolute atomic E-state index is 0.200. The molecule has 0 heterocycles. The summed E-state index contributed by atoms with van der Waals surface area (Å²) in [4.78, 5) is 11.7. The van der Waals surface area contributed by atoms with Crippen LogP contribution in [0.5, 0.6) is 0 Å². The maximum absolute atomic E-state index is 11.7. The summed E-state index contributed by atoms with van der Waals surface area (Å²) < 4.78 is 0. The largest absolute Gasteiger partial charge is 0.356 e. The molecule has 150 valence electrons. The second-order valence-electron chi connectivity index (χ2n) is 7.45. The second-order valence-corrected chi connectivity index (χ2v) is 7.45. The number of nitrogens with one attached hydrogen (secondary N) is 2. The first-order valence-corrected chi connectivity index (χ1v) is 11.3. The summed E-state index contributed by atoms with van der Waals surface area (Å²) >= 11 is 0. The molecule has 0 aromatic heterocycles. The van der Waals surface area contributed by atoms with Gasteiger partial charge in [0.15, 0.2) is 0 Å². The third kappa shape index (κ3) is 21.4. The molecule has 25 heavy (non-hydrogen) atoms. The van der Waals surface area contributed by atoms with E-state index in [1.54, 1.807) is 0 Å². The monoisotopic (exact) mass is 354 g/mol. The Bertz CT molecular complexity index is 269. The van der Waals surface area contributed by atoms with Gasteiger partial charge in [-0.05, 0) is 19.4 Å². The zero-order valence-corrected chi connectivity index (χ0v) is 17.3. The number of carbonyl (C=O) groups is 1. The van der Waals surface area contributed by atoms with Crippen molar-refractivity contribution in [3.63, 3.8) is 0 Å². The predicted octanol–water partition coefficient (Wildman–Crippen LogP) is 5.97. The van der Waals surface area contributed by atoms with Gasteiger partial charge in [0.1, 0.15) is 0 Å². The summed E-state index contributed by atoms with van der Waals surface area (Å²) in [5, 5.41) is 6.38. The Labute approximate surface area is 158 Å². The van der Waals surface area contributed by atoms with Gasteiger partial charge >= 0.3 is 0 Å². The number of rotatable bonds is 20. The normalized spacial score (nSPS) is 11.0. The summed E-state index contributed by atoms with van der Waals surface area (Å²) in [6.45, 7) is 7.20. The van der Waals surface area contributed by atoms with Gasteiger partial charge in [0.25, 0.3) is 0 Å². The molecule has 1 amide bonds. The average Bonchev–Trinajstić information content (AvgIpc) is 2.62. The highest BCUT2D eigenvalue weighted by Crippen LogP contribution is 2.11. The van der Waals surface area contributed by atoms with Crippen LogP contribution in [-0.2, 0) is 4.79 Å². The maximum atomic E-state index is 11.7. The SMILES string of the molecule is CCCCCCCCCCCCCCNC(=O)CCNCCCCC. The lowest BCUT2D eigenvalue weighted by Crippen LogP contribution is -2.28. The molecule has 0 saturated heterocycles. The van der Waals surface area contributed by atoms with E-state index in [-0.39, 0.29) is 5.91 Å². The molecule has 2 N–H and O–H groups in total. The van der Waals surface area contributed by atoms with Crippen LogP contribution in [0.1, 0.15) is 117 Å². The van der Waals surface area contributed by atoms with E-state index in [4.69, 9.17) is 0 Å². The van der Waals surface area contributed by atoms with Crippen LogP contribution in [0.15, 0.2) is 0 Å². The number of unbranched alkanes of at least 4 members (excludes halogenated alkanes) is 13. The Morgan fingerprint density at radius 2 is 1.00 bits per heavy atom. The highest BCUT2D eigenvalue weighted by atomic mass is 16.1. The van der Waals surface area contributed by atoms with E-state index in [0.717, 1.165) is 26.1 Å². The molecule has 0 radical (unpaired) electrons. The van der Waals surface area contributed by atoms with Crippen LogP contribution in [-0.4, -0.2) is 25.5 Å². The average molecular weight is 355 g/mol. The van der Waals surface area contributed by atoms with Gasteiger partial charge in [0.05, 0.1) is 0 Å². The van der Waals surface area contributed by atoms with Crippen LogP contribution in [0.3, 0.4) is 0 Å². The fourth-order valence-corrected chi connectivity index (χ4v) is 3.11. The van der Waals surface area contributed by atoms with Gasteiger partial charge in [0, 0.05) is 19.5 Å². The molecule has 0 aliphatic carbocycles. The van der Waals surface area contributed by atoms with Gasteiger partial charge in [-0.1, -0.05) is 97.3 Å². The van der Waals surface area contributed by atoms with Crippen LogP contribution < -0.4 is 10.6 Å². The Kier molecular flexibility index (Phi) is 21.0. The quantitative estimate of drug-likeness (QED) is 0.264. The molecule has 3 heteroatoms. The van der Waals surface area contributed by atoms with Gasteiger partial charge < -0.3 is 10.6 Å². The lowest BCUT2D eigenvalue weighted by atomic mass is 10.1. The number of amides is 1. The molecule has 0 aliphatic heterocycles. The van der Waals surface area contributed by atoms with E-state index < -0.39 is 0 Å². The van der Waals surface area contributed by atoms with Crippen LogP contribution >= 0.6 is 0 Å². The lowest BCUT2D eigenvalue weighted by Gasteiger charge is -2.06. The molecule has 0 atom stereocenters. The minimum atomic E-state index is 0.200. The van der Waals surface area contributed by atoms with Crippen molar-refractivity contribution >= 4 is 5.91 Å². The van der Waals surface area contributed by atoms with Gasteiger partial charge in [-0.2, -0.15) is 0 Å². The molecule has 0 fully saturated rings. The van der Waals surface area contributed by atoms with Gasteiger partial charge in [-0.15, -0.1) is 0 Å². The number of carbonyl (C=O) groups excluding carboxylic acids is 1. The molecule has 0 aromatic carbocycles. The Morgan fingerprint density at radius 1 is 0.560 bits per heavy atom. The maximum Gasteiger partial charge on any atom is 0.221 e. The lowest BCUT2D eigenvalue weighted by molar-refractivity contribution is -0.121. The molecule has 3 nitrogen and oxygen atoms in total. The van der Waals surface area contributed by atoms with Crippen LogP contribution in [0.25, 0.3) is 0 Å². The van der Waals surface area contributed by atoms with E-state index in [1.165, 1.54) is 89.9 Å². The number of hydrogen-bond donors (Lipinski definition) is 2. The summed E-state index contributed by atoms with van der Waals surface area (Å²) in [6, 6.07) is 0. The summed E-state index contributed by atoms with van der Waals surface area (Å²) in [5.41, 5.74) is 0. The topological polar surface area (TPSA) is 41.1 Å². The zero-order valence-electron chi connectivity index (χ0n) is 17.3. The van der Waals surface area contributed by atoms with Gasteiger partial charge in [0.2, 0.25) is 5.91 Å². The van der Waals surface area contributed by atoms with Gasteiger partial charge in [-0.3, -0.25) is 4.79 Å². The zero-order chi connectivity index (χ0) is 18.4. The fourth-order valence-electron chi connectivity index (χ4n) is 3.11. The van der Waals surface area contributed by atoms with Crippen LogP contribution in [0.2, 0.25) is 0 Å². The van der Waals surface area contributed by atoms with E-state index >= 15 is 0 Å². The third-order valence-corrected chi connectivity index (χ3v) is 4.84. The van der Waals surface area contributed by atoms with Crippen molar-refractivity contribution < 1.29 is 4.79 Å². The first-order chi connectivity index (χ1) is 12.3. The van der Waals surface area contributed by atoms with Crippen LogP contribution in [0.4, 0.5) is 0 Å². The van der Waals surface area contributed by atoms with Crippen molar-refractivity contribution in [2.75, 3.05) is 19.6 Å². The Hall–Kier alpha value is -0.570. The second kappa shape index (κ2) is 21.5. The van der Waals surface area contributed by atoms with Crippen molar-refractivity contribution in [1.29, 1.82) is 0 Å². The fraction of sp³-hybridized carbons (Fsp3) is 0.955.